The van der Waals surface area contributed by atoms with Crippen molar-refractivity contribution in [3.8, 4) is 39.4 Å². The second kappa shape index (κ2) is 17.3. The number of fused-ring (bicyclic) bond motifs is 1. The molecular weight excluding hydrogens is 773 g/mol. The molecule has 4 amide bonds. The first-order valence-electron chi connectivity index (χ1n) is 20.1. The van der Waals surface area contributed by atoms with Crippen molar-refractivity contribution in [2.45, 2.75) is 77.5 Å². The Kier molecular flexibility index (Phi) is 12.0. The van der Waals surface area contributed by atoms with E-state index in [1.54, 1.807) is 40.4 Å². The fourth-order valence-electron chi connectivity index (χ4n) is 8.11. The summed E-state index contributed by atoms with van der Waals surface area (Å²) in [7, 11) is 2.52. The molecule has 0 bridgehead atoms. The van der Waals surface area contributed by atoms with Gasteiger partial charge in [0, 0.05) is 18.7 Å². The molecule has 17 nitrogen and oxygen atoms in total. The van der Waals surface area contributed by atoms with Crippen molar-refractivity contribution in [1.82, 2.24) is 40.4 Å². The van der Waals surface area contributed by atoms with Crippen LogP contribution < -0.4 is 16.1 Å². The van der Waals surface area contributed by atoms with Gasteiger partial charge >= 0.3 is 12.2 Å². The minimum absolute atomic E-state index is 0.0285. The predicted molar refractivity (Wildman–Crippen MR) is 220 cm³/mol. The van der Waals surface area contributed by atoms with E-state index in [-0.39, 0.29) is 58.0 Å². The Bertz CT molecular complexity index is 2450. The van der Waals surface area contributed by atoms with Gasteiger partial charge in [0.25, 0.3) is 0 Å². The third kappa shape index (κ3) is 8.15. The standard InChI is InChI=1S/C43H50N8O9/c1-22(2)35(48-42(56)58-5)40(54)50-15-7-9-30(50)38-44-19-28(46-38)25-13-11-24(12-14-25)27-21-60-33-18-26(17-32(52)34(33)37(27)53)29-20-45-39(47-29)31-10-8-16-51(31)41(55)36(23(3)4)49-43(57)59-6/h11-14,17-23,30-31,35-36,52H,7-10,15-16H2,1-6H3,(H,44,46)(H,45,47)(H,48,56)(H,49,57)/t30-,31-,35-,36-/m0/s1. The lowest BCUT2D eigenvalue weighted by molar-refractivity contribution is -0.136. The minimum atomic E-state index is -0.767. The molecule has 316 valence electrons. The number of alkyl carbamates (subject to hydrolysis) is 2. The molecule has 0 saturated carbocycles. The van der Waals surface area contributed by atoms with Gasteiger partial charge in [0.2, 0.25) is 17.2 Å². The Labute approximate surface area is 345 Å². The normalized spacial score (nSPS) is 17.6. The summed E-state index contributed by atoms with van der Waals surface area (Å²) in [4.78, 5) is 84.2. The molecule has 2 aromatic carbocycles. The monoisotopic (exact) mass is 822 g/mol. The molecule has 5 aromatic rings. The topological polar surface area (TPSA) is 225 Å². The predicted octanol–water partition coefficient (Wildman–Crippen LogP) is 6.03. The number of H-pyrrole nitrogens is 2. The number of imidazole rings is 2. The van der Waals surface area contributed by atoms with Crippen LogP contribution in [-0.4, -0.2) is 98.2 Å². The number of aromatic hydroxyl groups is 1. The number of phenolic OH excluding ortho intramolecular Hbond substituents is 1. The van der Waals surface area contributed by atoms with Crippen LogP contribution in [-0.2, 0) is 19.1 Å². The Balaban J connectivity index is 1.07. The fraction of sp³-hybridized carbons (Fsp3) is 0.419. The van der Waals surface area contributed by atoms with Gasteiger partial charge in [-0.2, -0.15) is 0 Å². The van der Waals surface area contributed by atoms with Crippen molar-refractivity contribution in [1.29, 1.82) is 0 Å². The number of hydrogen-bond acceptors (Lipinski definition) is 11. The zero-order valence-electron chi connectivity index (χ0n) is 34.4. The van der Waals surface area contributed by atoms with Crippen LogP contribution in [0.5, 0.6) is 5.75 Å². The number of aromatic amines is 2. The van der Waals surface area contributed by atoms with Crippen molar-refractivity contribution < 1.29 is 38.2 Å². The highest BCUT2D eigenvalue weighted by Gasteiger charge is 2.39. The summed E-state index contributed by atoms with van der Waals surface area (Å²) in [6.07, 6.45) is 6.29. The molecule has 2 saturated heterocycles. The molecule has 60 heavy (non-hydrogen) atoms. The van der Waals surface area contributed by atoms with Crippen molar-refractivity contribution >= 4 is 35.0 Å². The average Bonchev–Trinajstić information content (AvgIpc) is 4.08. The Hall–Kier alpha value is -6.65. The smallest absolute Gasteiger partial charge is 0.407 e. The van der Waals surface area contributed by atoms with E-state index in [4.69, 9.17) is 13.9 Å². The van der Waals surface area contributed by atoms with Crippen LogP contribution in [0.25, 0.3) is 44.6 Å². The van der Waals surface area contributed by atoms with E-state index in [1.807, 2.05) is 39.8 Å². The molecule has 7 rings (SSSR count). The van der Waals surface area contributed by atoms with Crippen LogP contribution >= 0.6 is 0 Å². The van der Waals surface area contributed by atoms with Gasteiger partial charge in [-0.1, -0.05) is 52.0 Å². The molecule has 0 unspecified atom stereocenters. The van der Waals surface area contributed by atoms with Crippen LogP contribution in [0.4, 0.5) is 9.59 Å². The number of carbonyl (C=O) groups excluding carboxylic acids is 4. The summed E-state index contributed by atoms with van der Waals surface area (Å²) >= 11 is 0. The number of likely N-dealkylation sites (tertiary alicyclic amines) is 2. The summed E-state index contributed by atoms with van der Waals surface area (Å²) in [5, 5.41) is 16.5. The molecule has 2 fully saturated rings. The lowest BCUT2D eigenvalue weighted by Crippen LogP contribution is -2.51. The van der Waals surface area contributed by atoms with Crippen LogP contribution in [0.3, 0.4) is 0 Å². The first-order valence-corrected chi connectivity index (χ1v) is 20.1. The first-order chi connectivity index (χ1) is 28.8. The highest BCUT2D eigenvalue weighted by Crippen LogP contribution is 2.36. The Morgan fingerprint density at radius 3 is 1.73 bits per heavy atom. The van der Waals surface area contributed by atoms with Crippen LogP contribution in [0.2, 0.25) is 0 Å². The van der Waals surface area contributed by atoms with E-state index in [2.05, 4.69) is 30.6 Å². The van der Waals surface area contributed by atoms with Gasteiger partial charge in [-0.15, -0.1) is 0 Å². The van der Waals surface area contributed by atoms with Crippen LogP contribution in [0, 0.1) is 11.8 Å². The Morgan fingerprint density at radius 2 is 1.25 bits per heavy atom. The number of nitrogens with one attached hydrogen (secondary N) is 4. The van der Waals surface area contributed by atoms with Crippen molar-refractivity contribution in [3.05, 3.63) is 76.9 Å². The van der Waals surface area contributed by atoms with E-state index in [9.17, 15) is 29.1 Å². The number of carbonyl (C=O) groups is 4. The largest absolute Gasteiger partial charge is 0.507 e. The molecular formula is C43H50N8O9. The number of ether oxygens (including phenoxy) is 2. The molecule has 17 heteroatoms. The highest BCUT2D eigenvalue weighted by molar-refractivity contribution is 5.91. The number of aromatic nitrogens is 4. The zero-order chi connectivity index (χ0) is 42.8. The third-order valence-electron chi connectivity index (χ3n) is 11.4. The summed E-state index contributed by atoms with van der Waals surface area (Å²) in [6, 6.07) is 8.25. The van der Waals surface area contributed by atoms with Gasteiger partial charge in [0.05, 0.1) is 55.6 Å². The lowest BCUT2D eigenvalue weighted by atomic mass is 10.0. The van der Waals surface area contributed by atoms with Gasteiger partial charge in [0.15, 0.2) is 0 Å². The number of amides is 4. The highest BCUT2D eigenvalue weighted by atomic mass is 16.5. The molecule has 0 radical (unpaired) electrons. The third-order valence-corrected chi connectivity index (χ3v) is 11.4. The number of hydrogen-bond donors (Lipinski definition) is 5. The van der Waals surface area contributed by atoms with Crippen molar-refractivity contribution in [3.63, 3.8) is 0 Å². The lowest BCUT2D eigenvalue weighted by Gasteiger charge is -2.30. The number of phenols is 1. The van der Waals surface area contributed by atoms with E-state index in [0.717, 1.165) is 30.5 Å². The fourth-order valence-corrected chi connectivity index (χ4v) is 8.11. The zero-order valence-corrected chi connectivity index (χ0v) is 34.4. The van der Waals surface area contributed by atoms with Gasteiger partial charge in [-0.25, -0.2) is 19.6 Å². The molecule has 2 aliphatic heterocycles. The molecule has 5 N–H and O–H groups in total. The van der Waals surface area contributed by atoms with Gasteiger partial charge in [-0.3, -0.25) is 14.4 Å². The van der Waals surface area contributed by atoms with Gasteiger partial charge < -0.3 is 49.4 Å². The van der Waals surface area contributed by atoms with E-state index in [0.29, 0.717) is 48.0 Å². The number of nitrogens with zero attached hydrogens (tertiary/aromatic N) is 4. The first kappa shape index (κ1) is 41.5. The van der Waals surface area contributed by atoms with Crippen molar-refractivity contribution in [2.24, 2.45) is 11.8 Å². The van der Waals surface area contributed by atoms with E-state index >= 15 is 0 Å². The molecule has 5 heterocycles. The SMILES string of the molecule is COC(=O)N[C@H](C(=O)N1CCC[C@H]1c1ncc(-c2ccc(-c3coc4cc(-c5cnc([C@@H]6CCCN6C(=O)[C@@H](NC(=O)OC)C(C)C)[nH]5)cc(O)c4c3=O)cc2)[nH]1)C(C)C. The summed E-state index contributed by atoms with van der Waals surface area (Å²) < 4.78 is 15.4. The molecule has 0 spiro atoms. The summed E-state index contributed by atoms with van der Waals surface area (Å²) in [5.41, 5.74) is 3.24. The van der Waals surface area contributed by atoms with Crippen LogP contribution in [0.1, 0.15) is 77.1 Å². The summed E-state index contributed by atoms with van der Waals surface area (Å²) in [6.45, 7) is 8.48. The molecule has 0 aliphatic carbocycles. The number of methoxy groups -OCH3 is 2. The molecule has 2 aliphatic rings. The number of rotatable bonds is 11. The van der Waals surface area contributed by atoms with Crippen molar-refractivity contribution in [2.75, 3.05) is 27.3 Å². The maximum Gasteiger partial charge on any atom is 0.407 e. The van der Waals surface area contributed by atoms with Crippen LogP contribution in [0.15, 0.2) is 64.3 Å². The number of benzene rings is 2. The second-order valence-corrected chi connectivity index (χ2v) is 15.9. The van der Waals surface area contributed by atoms with E-state index in [1.165, 1.54) is 26.5 Å². The van der Waals surface area contributed by atoms with Gasteiger partial charge in [-0.05, 0) is 60.8 Å². The Morgan fingerprint density at radius 1 is 0.767 bits per heavy atom. The average molecular weight is 823 g/mol. The second-order valence-electron chi connectivity index (χ2n) is 15.9. The summed E-state index contributed by atoms with van der Waals surface area (Å²) in [5.74, 6) is 0.192. The minimum Gasteiger partial charge on any atom is -0.507 e. The van der Waals surface area contributed by atoms with Gasteiger partial charge in [0.1, 0.15) is 46.7 Å². The molecule has 4 atom stereocenters. The van der Waals surface area contributed by atoms with E-state index < -0.39 is 29.7 Å². The maximum atomic E-state index is 13.8. The molecule has 3 aromatic heterocycles. The quantitative estimate of drug-likeness (QED) is 0.103. The maximum absolute atomic E-state index is 13.8.